The molecule has 1 saturated heterocycles. The predicted octanol–water partition coefficient (Wildman–Crippen LogP) is 3.64. The summed E-state index contributed by atoms with van der Waals surface area (Å²) in [7, 11) is 0. The first kappa shape index (κ1) is 14.7. The van der Waals surface area contributed by atoms with Crippen molar-refractivity contribution in [3.63, 3.8) is 0 Å². The zero-order valence-corrected chi connectivity index (χ0v) is 12.5. The molecular weight excluding hydrogens is 210 g/mol. The molecule has 0 aromatic rings. The highest BCUT2D eigenvalue weighted by Gasteiger charge is 2.34. The molecule has 0 saturated carbocycles. The highest BCUT2D eigenvalue weighted by Crippen LogP contribution is 2.29. The van der Waals surface area contributed by atoms with Gasteiger partial charge in [-0.1, -0.05) is 27.2 Å². The Morgan fingerprint density at radius 3 is 2.18 bits per heavy atom. The second-order valence-electron chi connectivity index (χ2n) is 7.39. The van der Waals surface area contributed by atoms with Crippen LogP contribution in [0.4, 0.5) is 0 Å². The van der Waals surface area contributed by atoms with Gasteiger partial charge in [-0.05, 0) is 40.2 Å². The number of nitrogens with zero attached hydrogens (tertiary/aromatic N) is 1. The van der Waals surface area contributed by atoms with Gasteiger partial charge in [-0.15, -0.1) is 0 Å². The van der Waals surface area contributed by atoms with Crippen molar-refractivity contribution >= 4 is 5.78 Å². The summed E-state index contributed by atoms with van der Waals surface area (Å²) in [6.07, 6.45) is 4.45. The van der Waals surface area contributed by atoms with Gasteiger partial charge in [0.05, 0.1) is 0 Å². The smallest absolute Gasteiger partial charge is 0.139 e. The van der Waals surface area contributed by atoms with Crippen LogP contribution in [0.15, 0.2) is 0 Å². The monoisotopic (exact) mass is 239 g/mol. The molecule has 100 valence electrons. The Kier molecular flexibility index (Phi) is 4.40. The van der Waals surface area contributed by atoms with Crippen molar-refractivity contribution in [3.05, 3.63) is 0 Å². The van der Waals surface area contributed by atoms with Crippen molar-refractivity contribution in [2.45, 2.75) is 78.8 Å². The highest BCUT2D eigenvalue weighted by molar-refractivity contribution is 5.84. The van der Waals surface area contributed by atoms with Gasteiger partial charge >= 0.3 is 0 Å². The summed E-state index contributed by atoms with van der Waals surface area (Å²) in [5, 5.41) is 0. The van der Waals surface area contributed by atoms with Gasteiger partial charge in [0, 0.05) is 23.4 Å². The van der Waals surface area contributed by atoms with Crippen LogP contribution in [-0.2, 0) is 4.79 Å². The standard InChI is InChI=1S/C15H29NO/c1-14(2,3)13(17)11-12-9-7-8-10-16(12)15(4,5)6/h12H,7-11H2,1-6H3. The third-order valence-electron chi connectivity index (χ3n) is 3.75. The maximum absolute atomic E-state index is 12.2. The first-order valence-corrected chi connectivity index (χ1v) is 6.92. The Balaban J connectivity index is 2.70. The van der Waals surface area contributed by atoms with Gasteiger partial charge in [-0.3, -0.25) is 9.69 Å². The lowest BCUT2D eigenvalue weighted by molar-refractivity contribution is -0.128. The van der Waals surface area contributed by atoms with Crippen LogP contribution in [0.3, 0.4) is 0 Å². The van der Waals surface area contributed by atoms with Crippen molar-refractivity contribution in [3.8, 4) is 0 Å². The molecule has 1 fully saturated rings. The van der Waals surface area contributed by atoms with E-state index in [1.165, 1.54) is 19.3 Å². The lowest BCUT2D eigenvalue weighted by Gasteiger charge is -2.45. The van der Waals surface area contributed by atoms with E-state index in [2.05, 4.69) is 25.7 Å². The molecule has 2 nitrogen and oxygen atoms in total. The van der Waals surface area contributed by atoms with E-state index in [-0.39, 0.29) is 11.0 Å². The molecule has 0 aromatic carbocycles. The number of carbonyl (C=O) groups excluding carboxylic acids is 1. The second kappa shape index (κ2) is 5.09. The molecule has 17 heavy (non-hydrogen) atoms. The third-order valence-corrected chi connectivity index (χ3v) is 3.75. The zero-order chi connectivity index (χ0) is 13.3. The number of carbonyl (C=O) groups is 1. The maximum Gasteiger partial charge on any atom is 0.139 e. The van der Waals surface area contributed by atoms with Gasteiger partial charge in [-0.25, -0.2) is 0 Å². The summed E-state index contributed by atoms with van der Waals surface area (Å²) in [4.78, 5) is 14.7. The molecule has 0 radical (unpaired) electrons. The van der Waals surface area contributed by atoms with E-state index in [0.717, 1.165) is 13.0 Å². The number of piperidine rings is 1. The summed E-state index contributed by atoms with van der Waals surface area (Å²) in [5.41, 5.74) is -0.00967. The molecule has 0 amide bonds. The van der Waals surface area contributed by atoms with Crippen LogP contribution in [0.25, 0.3) is 0 Å². The van der Waals surface area contributed by atoms with Crippen LogP contribution in [0.1, 0.15) is 67.2 Å². The molecule has 1 unspecified atom stereocenters. The molecule has 1 atom stereocenters. The van der Waals surface area contributed by atoms with Gasteiger partial charge in [0.2, 0.25) is 0 Å². The number of likely N-dealkylation sites (tertiary alicyclic amines) is 1. The van der Waals surface area contributed by atoms with E-state index in [0.29, 0.717) is 11.8 Å². The van der Waals surface area contributed by atoms with Crippen molar-refractivity contribution in [2.24, 2.45) is 5.41 Å². The molecule has 2 heteroatoms. The summed E-state index contributed by atoms with van der Waals surface area (Å²) in [6, 6.07) is 0.454. The molecular formula is C15H29NO. The molecule has 1 aliphatic rings. The first-order valence-electron chi connectivity index (χ1n) is 6.92. The Morgan fingerprint density at radius 1 is 1.12 bits per heavy atom. The molecule has 1 aliphatic heterocycles. The van der Waals surface area contributed by atoms with Crippen LogP contribution in [0.2, 0.25) is 0 Å². The van der Waals surface area contributed by atoms with Crippen LogP contribution < -0.4 is 0 Å². The molecule has 0 aliphatic carbocycles. The average molecular weight is 239 g/mol. The van der Waals surface area contributed by atoms with Crippen molar-refractivity contribution in [1.29, 1.82) is 0 Å². The molecule has 0 aromatic heterocycles. The van der Waals surface area contributed by atoms with E-state index in [1.807, 2.05) is 20.8 Å². The van der Waals surface area contributed by atoms with E-state index in [4.69, 9.17) is 0 Å². The van der Waals surface area contributed by atoms with E-state index >= 15 is 0 Å². The Bertz CT molecular complexity index is 270. The molecule has 0 spiro atoms. The van der Waals surface area contributed by atoms with Crippen LogP contribution in [0.5, 0.6) is 0 Å². The summed E-state index contributed by atoms with van der Waals surface area (Å²) in [6.45, 7) is 14.0. The number of rotatable bonds is 2. The van der Waals surface area contributed by atoms with E-state index in [1.54, 1.807) is 0 Å². The minimum atomic E-state index is -0.193. The molecule has 1 heterocycles. The van der Waals surface area contributed by atoms with Gasteiger partial charge in [0.1, 0.15) is 5.78 Å². The molecule has 0 N–H and O–H groups in total. The van der Waals surface area contributed by atoms with Gasteiger partial charge < -0.3 is 0 Å². The summed E-state index contributed by atoms with van der Waals surface area (Å²) in [5.74, 6) is 0.402. The van der Waals surface area contributed by atoms with E-state index in [9.17, 15) is 4.79 Å². The topological polar surface area (TPSA) is 20.3 Å². The number of ketones is 1. The van der Waals surface area contributed by atoms with Crippen LogP contribution in [-0.4, -0.2) is 28.8 Å². The maximum atomic E-state index is 12.2. The van der Waals surface area contributed by atoms with Crippen molar-refractivity contribution in [1.82, 2.24) is 4.90 Å². The molecule has 1 rings (SSSR count). The number of hydrogen-bond acceptors (Lipinski definition) is 2. The normalized spacial score (nSPS) is 23.8. The fraction of sp³-hybridized carbons (Fsp3) is 0.933. The fourth-order valence-electron chi connectivity index (χ4n) is 2.62. The van der Waals surface area contributed by atoms with Crippen LogP contribution >= 0.6 is 0 Å². The Hall–Kier alpha value is -0.370. The summed E-state index contributed by atoms with van der Waals surface area (Å²) < 4.78 is 0. The third kappa shape index (κ3) is 4.09. The van der Waals surface area contributed by atoms with Crippen LogP contribution in [0, 0.1) is 5.41 Å². The molecule has 0 bridgehead atoms. The summed E-state index contributed by atoms with van der Waals surface area (Å²) >= 11 is 0. The van der Waals surface area contributed by atoms with Gasteiger partial charge in [0.25, 0.3) is 0 Å². The largest absolute Gasteiger partial charge is 0.299 e. The quantitative estimate of drug-likeness (QED) is 0.733. The Labute approximate surface area is 107 Å². The zero-order valence-electron chi connectivity index (χ0n) is 12.5. The predicted molar refractivity (Wildman–Crippen MR) is 73.2 cm³/mol. The second-order valence-corrected chi connectivity index (χ2v) is 7.39. The highest BCUT2D eigenvalue weighted by atomic mass is 16.1. The van der Waals surface area contributed by atoms with Crippen molar-refractivity contribution in [2.75, 3.05) is 6.54 Å². The SMILES string of the molecule is CC(C)(C)C(=O)CC1CCCCN1C(C)(C)C. The number of hydrogen-bond donors (Lipinski definition) is 0. The fourth-order valence-corrected chi connectivity index (χ4v) is 2.62. The lowest BCUT2D eigenvalue weighted by Crippen LogP contribution is -2.51. The average Bonchev–Trinajstić information content (AvgIpc) is 2.15. The minimum Gasteiger partial charge on any atom is -0.299 e. The lowest BCUT2D eigenvalue weighted by atomic mass is 9.83. The first-order chi connectivity index (χ1) is 7.62. The number of Topliss-reactive ketones (excluding diaryl/α,β-unsaturated/α-hetero) is 1. The van der Waals surface area contributed by atoms with Crippen molar-refractivity contribution < 1.29 is 4.79 Å². The van der Waals surface area contributed by atoms with Gasteiger partial charge in [0.15, 0.2) is 0 Å². The van der Waals surface area contributed by atoms with Gasteiger partial charge in [-0.2, -0.15) is 0 Å². The van der Waals surface area contributed by atoms with E-state index < -0.39 is 0 Å². The minimum absolute atomic E-state index is 0.184. The Morgan fingerprint density at radius 2 is 1.71 bits per heavy atom.